The highest BCUT2D eigenvalue weighted by Crippen LogP contribution is 2.07. The topological polar surface area (TPSA) is 102 Å². The highest BCUT2D eigenvalue weighted by molar-refractivity contribution is 7.89. The van der Waals surface area contributed by atoms with Crippen LogP contribution in [0.25, 0.3) is 0 Å². The first-order valence-electron chi connectivity index (χ1n) is 6.57. The Morgan fingerprint density at radius 1 is 1.24 bits per heavy atom. The molecule has 2 aromatic heterocycles. The molecule has 0 saturated heterocycles. The average molecular weight is 310 g/mol. The van der Waals surface area contributed by atoms with Gasteiger partial charge in [-0.2, -0.15) is 0 Å². The molecule has 114 valence electrons. The largest absolute Gasteiger partial charge is 0.357 e. The first-order chi connectivity index (χ1) is 10.1. The van der Waals surface area contributed by atoms with E-state index in [9.17, 15) is 8.42 Å². The highest BCUT2D eigenvalue weighted by atomic mass is 32.2. The summed E-state index contributed by atoms with van der Waals surface area (Å²) in [6, 6.07) is 0. The van der Waals surface area contributed by atoms with Crippen LogP contribution in [-0.4, -0.2) is 41.5 Å². The van der Waals surface area contributed by atoms with Crippen LogP contribution >= 0.6 is 0 Å². The summed E-state index contributed by atoms with van der Waals surface area (Å²) < 4.78 is 28.5. The van der Waals surface area contributed by atoms with E-state index in [1.165, 1.54) is 12.4 Å². The Morgan fingerprint density at radius 3 is 2.62 bits per heavy atom. The van der Waals surface area contributed by atoms with E-state index in [1.54, 1.807) is 19.6 Å². The fraction of sp³-hybridized carbons (Fsp3) is 0.417. The number of imidazole rings is 1. The lowest BCUT2D eigenvalue weighted by molar-refractivity contribution is 0.565. The van der Waals surface area contributed by atoms with Gasteiger partial charge in [0, 0.05) is 32.5 Å². The Labute approximate surface area is 123 Å². The number of rotatable bonds is 8. The van der Waals surface area contributed by atoms with E-state index in [2.05, 4.69) is 25.0 Å². The molecule has 0 radical (unpaired) electrons. The predicted octanol–water partition coefficient (Wildman–Crippen LogP) is 0.473. The molecule has 8 nitrogen and oxygen atoms in total. The molecular formula is C12H18N6O2S. The number of aryl methyl sites for hydroxylation is 1. The molecule has 2 heterocycles. The van der Waals surface area contributed by atoms with Gasteiger partial charge in [0.2, 0.25) is 16.0 Å². The molecule has 0 saturated carbocycles. The Morgan fingerprint density at radius 2 is 2.00 bits per heavy atom. The van der Waals surface area contributed by atoms with Crippen molar-refractivity contribution in [1.29, 1.82) is 0 Å². The Balaban J connectivity index is 1.78. The van der Waals surface area contributed by atoms with Crippen molar-refractivity contribution in [1.82, 2.24) is 24.2 Å². The van der Waals surface area contributed by atoms with E-state index < -0.39 is 10.0 Å². The summed E-state index contributed by atoms with van der Waals surface area (Å²) in [5.74, 6) is 0.384. The first-order valence-corrected chi connectivity index (χ1v) is 8.05. The van der Waals surface area contributed by atoms with Crippen molar-refractivity contribution in [2.75, 3.05) is 18.9 Å². The van der Waals surface area contributed by atoms with Crippen molar-refractivity contribution in [3.63, 3.8) is 0 Å². The van der Waals surface area contributed by atoms with Crippen LogP contribution in [0.15, 0.2) is 36.0 Å². The van der Waals surface area contributed by atoms with Gasteiger partial charge in [0.25, 0.3) is 0 Å². The average Bonchev–Trinajstić information content (AvgIpc) is 3.00. The van der Waals surface area contributed by atoms with Crippen molar-refractivity contribution in [3.8, 4) is 0 Å². The van der Waals surface area contributed by atoms with E-state index in [-0.39, 0.29) is 4.90 Å². The molecule has 0 fully saturated rings. The van der Waals surface area contributed by atoms with Gasteiger partial charge in [-0.05, 0) is 12.8 Å². The van der Waals surface area contributed by atoms with E-state index in [1.807, 2.05) is 10.8 Å². The zero-order chi connectivity index (χ0) is 15.1. The molecule has 2 N–H and O–H groups in total. The SMILES string of the molecule is CNc1ncc(S(=O)(=O)NCCCCn2ccnc2)cn1. The third-order valence-corrected chi connectivity index (χ3v) is 4.27. The molecule has 2 aromatic rings. The Hall–Kier alpha value is -2.00. The van der Waals surface area contributed by atoms with Gasteiger partial charge in [-0.15, -0.1) is 0 Å². The zero-order valence-corrected chi connectivity index (χ0v) is 12.5. The molecule has 0 aliphatic rings. The maximum Gasteiger partial charge on any atom is 0.243 e. The van der Waals surface area contributed by atoms with Crippen LogP contribution in [0.5, 0.6) is 0 Å². The van der Waals surface area contributed by atoms with Gasteiger partial charge in [0.1, 0.15) is 4.90 Å². The van der Waals surface area contributed by atoms with Gasteiger partial charge in [-0.3, -0.25) is 0 Å². The molecule has 9 heteroatoms. The summed E-state index contributed by atoms with van der Waals surface area (Å²) in [5, 5.41) is 2.73. The van der Waals surface area contributed by atoms with Gasteiger partial charge < -0.3 is 9.88 Å². The Kier molecular flexibility index (Phi) is 5.23. The van der Waals surface area contributed by atoms with E-state index in [4.69, 9.17) is 0 Å². The number of hydrogen-bond acceptors (Lipinski definition) is 6. The second-order valence-electron chi connectivity index (χ2n) is 4.40. The summed E-state index contributed by atoms with van der Waals surface area (Å²) in [4.78, 5) is 11.8. The molecule has 0 amide bonds. The second-order valence-corrected chi connectivity index (χ2v) is 6.16. The summed E-state index contributed by atoms with van der Waals surface area (Å²) in [7, 11) is -1.87. The summed E-state index contributed by atoms with van der Waals surface area (Å²) in [6.07, 6.45) is 9.52. The second kappa shape index (κ2) is 7.14. The molecular weight excluding hydrogens is 292 g/mol. The molecule has 2 rings (SSSR count). The molecule has 0 spiro atoms. The van der Waals surface area contributed by atoms with E-state index in [0.29, 0.717) is 12.5 Å². The lowest BCUT2D eigenvalue weighted by atomic mass is 10.3. The predicted molar refractivity (Wildman–Crippen MR) is 78.2 cm³/mol. The third-order valence-electron chi connectivity index (χ3n) is 2.86. The standard InChI is InChI=1S/C12H18N6O2S/c1-13-12-15-8-11(9-16-12)21(19,20)17-4-2-3-6-18-7-5-14-10-18/h5,7-10,17H,2-4,6H2,1H3,(H,13,15,16). The lowest BCUT2D eigenvalue weighted by Crippen LogP contribution is -2.25. The number of sulfonamides is 1. The monoisotopic (exact) mass is 310 g/mol. The normalized spacial score (nSPS) is 11.5. The van der Waals surface area contributed by atoms with Crippen molar-refractivity contribution < 1.29 is 8.42 Å². The van der Waals surface area contributed by atoms with Gasteiger partial charge >= 0.3 is 0 Å². The van der Waals surface area contributed by atoms with Crippen LogP contribution in [0, 0.1) is 0 Å². The quantitative estimate of drug-likeness (QED) is 0.687. The Bertz CT molecular complexity index is 639. The van der Waals surface area contributed by atoms with Crippen molar-refractivity contribution in [2.45, 2.75) is 24.3 Å². The number of nitrogens with one attached hydrogen (secondary N) is 2. The maximum atomic E-state index is 12.0. The number of nitrogens with zero attached hydrogens (tertiary/aromatic N) is 4. The molecule has 0 bridgehead atoms. The number of unbranched alkanes of at least 4 members (excludes halogenated alkanes) is 1. The number of aromatic nitrogens is 4. The number of anilines is 1. The highest BCUT2D eigenvalue weighted by Gasteiger charge is 2.14. The van der Waals surface area contributed by atoms with Crippen LogP contribution in [0.1, 0.15) is 12.8 Å². The van der Waals surface area contributed by atoms with Crippen molar-refractivity contribution in [2.24, 2.45) is 0 Å². The van der Waals surface area contributed by atoms with Gasteiger partial charge in [-0.1, -0.05) is 0 Å². The zero-order valence-electron chi connectivity index (χ0n) is 11.7. The van der Waals surface area contributed by atoms with Gasteiger partial charge in [-0.25, -0.2) is 28.1 Å². The molecule has 0 atom stereocenters. The molecule has 0 aliphatic carbocycles. The third kappa shape index (κ3) is 4.50. The summed E-state index contributed by atoms with van der Waals surface area (Å²) >= 11 is 0. The van der Waals surface area contributed by atoms with Gasteiger partial charge in [0.15, 0.2) is 0 Å². The minimum absolute atomic E-state index is 0.0658. The van der Waals surface area contributed by atoms with Crippen LogP contribution < -0.4 is 10.0 Å². The van der Waals surface area contributed by atoms with Gasteiger partial charge in [0.05, 0.1) is 18.7 Å². The fourth-order valence-corrected chi connectivity index (χ4v) is 2.67. The first kappa shape index (κ1) is 15.4. The summed E-state index contributed by atoms with van der Waals surface area (Å²) in [6.45, 7) is 1.20. The lowest BCUT2D eigenvalue weighted by Gasteiger charge is -2.07. The minimum atomic E-state index is -3.54. The van der Waals surface area contributed by atoms with Crippen LogP contribution in [-0.2, 0) is 16.6 Å². The van der Waals surface area contributed by atoms with Crippen molar-refractivity contribution >= 4 is 16.0 Å². The van der Waals surface area contributed by atoms with E-state index in [0.717, 1.165) is 19.4 Å². The smallest absolute Gasteiger partial charge is 0.243 e. The molecule has 0 aliphatic heterocycles. The maximum absolute atomic E-state index is 12.0. The van der Waals surface area contributed by atoms with Crippen molar-refractivity contribution in [3.05, 3.63) is 31.1 Å². The van der Waals surface area contributed by atoms with Crippen LogP contribution in [0.2, 0.25) is 0 Å². The van der Waals surface area contributed by atoms with Crippen LogP contribution in [0.4, 0.5) is 5.95 Å². The van der Waals surface area contributed by atoms with Crippen LogP contribution in [0.3, 0.4) is 0 Å². The fourth-order valence-electron chi connectivity index (χ4n) is 1.71. The molecule has 0 aromatic carbocycles. The summed E-state index contributed by atoms with van der Waals surface area (Å²) in [5.41, 5.74) is 0. The molecule has 0 unspecified atom stereocenters. The molecule has 21 heavy (non-hydrogen) atoms. The minimum Gasteiger partial charge on any atom is -0.357 e. The van der Waals surface area contributed by atoms with E-state index >= 15 is 0 Å². The number of hydrogen-bond donors (Lipinski definition) is 2.